The zero-order valence-electron chi connectivity index (χ0n) is 13.7. The van der Waals surface area contributed by atoms with Gasteiger partial charge in [-0.05, 0) is 44.0 Å². The van der Waals surface area contributed by atoms with Crippen LogP contribution < -0.4 is 5.73 Å². The van der Waals surface area contributed by atoms with Crippen LogP contribution in [0.2, 0.25) is 0 Å². The second-order valence-electron chi connectivity index (χ2n) is 5.76. The fourth-order valence-corrected chi connectivity index (χ4v) is 3.97. The number of hydrogen-bond acceptors (Lipinski definition) is 4. The minimum absolute atomic E-state index is 0. The number of carbonyl (C=O) groups is 1. The van der Waals surface area contributed by atoms with E-state index in [9.17, 15) is 13.2 Å². The van der Waals surface area contributed by atoms with E-state index in [4.69, 9.17) is 5.73 Å². The van der Waals surface area contributed by atoms with Gasteiger partial charge in [-0.2, -0.15) is 4.31 Å². The molecule has 2 N–H and O–H groups in total. The number of rotatable bonds is 3. The molecule has 1 saturated heterocycles. The largest absolute Gasteiger partial charge is 0.339 e. The Labute approximate surface area is 144 Å². The number of nitrogens with two attached hydrogens (primary N) is 1. The third kappa shape index (κ3) is 4.23. The minimum Gasteiger partial charge on any atom is -0.339 e. The second kappa shape index (κ2) is 7.61. The van der Waals surface area contributed by atoms with Crippen LogP contribution in [0.3, 0.4) is 0 Å². The lowest BCUT2D eigenvalue weighted by molar-refractivity contribution is -0.133. The maximum atomic E-state index is 12.7. The van der Waals surface area contributed by atoms with Crippen LogP contribution in [0.4, 0.5) is 0 Å². The molecular weight excluding hydrogens is 338 g/mol. The molecule has 1 unspecified atom stereocenters. The Morgan fingerprint density at radius 1 is 1.13 bits per heavy atom. The maximum Gasteiger partial charge on any atom is 0.243 e. The molecule has 1 atom stereocenters. The van der Waals surface area contributed by atoms with Gasteiger partial charge in [0.2, 0.25) is 15.9 Å². The first-order chi connectivity index (χ1) is 10.2. The third-order valence-corrected chi connectivity index (χ3v) is 5.95. The predicted octanol–water partition coefficient (Wildman–Crippen LogP) is 0.905. The van der Waals surface area contributed by atoms with Crippen LogP contribution in [0, 0.1) is 13.8 Å². The van der Waals surface area contributed by atoms with Gasteiger partial charge in [0.05, 0.1) is 10.9 Å². The van der Waals surface area contributed by atoms with Gasteiger partial charge >= 0.3 is 0 Å². The molecule has 6 nitrogen and oxygen atoms in total. The smallest absolute Gasteiger partial charge is 0.243 e. The lowest BCUT2D eigenvalue weighted by atomic mass is 10.1. The number of aryl methyl sites for hydroxylation is 2. The zero-order valence-corrected chi connectivity index (χ0v) is 15.3. The highest BCUT2D eigenvalue weighted by Gasteiger charge is 2.30. The Bertz CT molecular complexity index is 669. The van der Waals surface area contributed by atoms with Crippen molar-refractivity contribution in [3.63, 3.8) is 0 Å². The fraction of sp³-hybridized carbons (Fsp3) is 0.533. The molecule has 0 aromatic heterocycles. The number of nitrogens with zero attached hydrogens (tertiary/aromatic N) is 2. The van der Waals surface area contributed by atoms with Crippen LogP contribution >= 0.6 is 12.4 Å². The van der Waals surface area contributed by atoms with E-state index in [-0.39, 0.29) is 18.3 Å². The van der Waals surface area contributed by atoms with Gasteiger partial charge in [-0.15, -0.1) is 12.4 Å². The topological polar surface area (TPSA) is 83.7 Å². The van der Waals surface area contributed by atoms with E-state index in [1.54, 1.807) is 24.0 Å². The average molecular weight is 362 g/mol. The lowest BCUT2D eigenvalue weighted by Crippen LogP contribution is -2.53. The summed E-state index contributed by atoms with van der Waals surface area (Å²) in [6.07, 6.45) is 0. The van der Waals surface area contributed by atoms with Crippen LogP contribution in [-0.2, 0) is 14.8 Å². The summed E-state index contributed by atoms with van der Waals surface area (Å²) in [7, 11) is -3.51. The molecule has 1 heterocycles. The lowest BCUT2D eigenvalue weighted by Gasteiger charge is -2.34. The van der Waals surface area contributed by atoms with Gasteiger partial charge in [0.25, 0.3) is 0 Å². The van der Waals surface area contributed by atoms with Crippen molar-refractivity contribution in [2.24, 2.45) is 5.73 Å². The van der Waals surface area contributed by atoms with Gasteiger partial charge in [0, 0.05) is 26.2 Å². The Morgan fingerprint density at radius 3 is 2.17 bits per heavy atom. The zero-order chi connectivity index (χ0) is 16.5. The molecule has 0 radical (unpaired) electrons. The molecule has 1 fully saturated rings. The average Bonchev–Trinajstić information content (AvgIpc) is 2.49. The number of carbonyl (C=O) groups excluding carboxylic acids is 1. The molecule has 1 aromatic rings. The molecule has 1 aliphatic heterocycles. The van der Waals surface area contributed by atoms with E-state index < -0.39 is 16.1 Å². The first-order valence-electron chi connectivity index (χ1n) is 7.35. The van der Waals surface area contributed by atoms with Crippen molar-refractivity contribution in [2.45, 2.75) is 31.7 Å². The highest BCUT2D eigenvalue weighted by molar-refractivity contribution is 7.89. The first kappa shape index (κ1) is 19.9. The Morgan fingerprint density at radius 2 is 1.70 bits per heavy atom. The third-order valence-electron chi connectivity index (χ3n) is 4.06. The summed E-state index contributed by atoms with van der Waals surface area (Å²) >= 11 is 0. The predicted molar refractivity (Wildman–Crippen MR) is 92.2 cm³/mol. The fourth-order valence-electron chi connectivity index (χ4n) is 2.46. The van der Waals surface area contributed by atoms with E-state index in [2.05, 4.69) is 0 Å². The van der Waals surface area contributed by atoms with Crippen LogP contribution in [0.5, 0.6) is 0 Å². The number of sulfonamides is 1. The normalized spacial score (nSPS) is 17.5. The summed E-state index contributed by atoms with van der Waals surface area (Å²) in [5.74, 6) is -0.136. The Hall–Kier alpha value is -1.15. The second-order valence-corrected chi connectivity index (χ2v) is 7.70. The number of piperazine rings is 1. The molecule has 1 aliphatic rings. The Balaban J connectivity index is 0.00000264. The van der Waals surface area contributed by atoms with Gasteiger partial charge in [0.1, 0.15) is 0 Å². The molecule has 23 heavy (non-hydrogen) atoms. The van der Waals surface area contributed by atoms with Gasteiger partial charge in [0.15, 0.2) is 0 Å². The quantitative estimate of drug-likeness (QED) is 0.867. The molecule has 0 spiro atoms. The van der Waals surface area contributed by atoms with Crippen molar-refractivity contribution in [3.8, 4) is 0 Å². The molecule has 8 heteroatoms. The highest BCUT2D eigenvalue weighted by Crippen LogP contribution is 2.20. The molecule has 1 amide bonds. The summed E-state index contributed by atoms with van der Waals surface area (Å²) < 4.78 is 26.8. The van der Waals surface area contributed by atoms with Crippen LogP contribution in [0.15, 0.2) is 23.1 Å². The van der Waals surface area contributed by atoms with E-state index in [0.717, 1.165) is 11.1 Å². The number of hydrogen-bond donors (Lipinski definition) is 1. The van der Waals surface area contributed by atoms with Gasteiger partial charge in [-0.3, -0.25) is 4.79 Å². The monoisotopic (exact) mass is 361 g/mol. The molecule has 0 bridgehead atoms. The van der Waals surface area contributed by atoms with Crippen molar-refractivity contribution in [1.82, 2.24) is 9.21 Å². The van der Waals surface area contributed by atoms with Gasteiger partial charge in [-0.1, -0.05) is 6.07 Å². The van der Waals surface area contributed by atoms with Crippen LogP contribution in [0.25, 0.3) is 0 Å². The highest BCUT2D eigenvalue weighted by atomic mass is 35.5. The van der Waals surface area contributed by atoms with Crippen molar-refractivity contribution in [1.29, 1.82) is 0 Å². The van der Waals surface area contributed by atoms with E-state index in [1.165, 1.54) is 4.31 Å². The van der Waals surface area contributed by atoms with Crippen molar-refractivity contribution >= 4 is 28.3 Å². The van der Waals surface area contributed by atoms with Gasteiger partial charge < -0.3 is 10.6 Å². The number of benzene rings is 1. The standard InChI is InChI=1S/C15H23N3O3S.ClH/c1-11-4-5-14(10-12(11)2)22(20,21)18-8-6-17(7-9-18)15(19)13(3)16;/h4-5,10,13H,6-9,16H2,1-3H3;1H. The molecule has 1 aromatic carbocycles. The molecule has 0 aliphatic carbocycles. The summed E-state index contributed by atoms with van der Waals surface area (Å²) in [5, 5.41) is 0. The molecule has 0 saturated carbocycles. The minimum atomic E-state index is -3.51. The molecule has 130 valence electrons. The first-order valence-corrected chi connectivity index (χ1v) is 8.79. The summed E-state index contributed by atoms with van der Waals surface area (Å²) in [6.45, 7) is 6.84. The Kier molecular flexibility index (Phi) is 6.59. The van der Waals surface area contributed by atoms with E-state index >= 15 is 0 Å². The van der Waals surface area contributed by atoms with Crippen molar-refractivity contribution in [3.05, 3.63) is 29.3 Å². The summed E-state index contributed by atoms with van der Waals surface area (Å²) in [6, 6.07) is 4.60. The van der Waals surface area contributed by atoms with Crippen molar-refractivity contribution in [2.75, 3.05) is 26.2 Å². The molecular formula is C15H24ClN3O3S. The van der Waals surface area contributed by atoms with E-state index in [1.807, 2.05) is 19.9 Å². The van der Waals surface area contributed by atoms with E-state index in [0.29, 0.717) is 31.1 Å². The number of amides is 1. The number of halogens is 1. The van der Waals surface area contributed by atoms with Crippen LogP contribution in [-0.4, -0.2) is 55.8 Å². The summed E-state index contributed by atoms with van der Waals surface area (Å²) in [5.41, 5.74) is 7.60. The van der Waals surface area contributed by atoms with Crippen LogP contribution in [0.1, 0.15) is 18.1 Å². The SMILES string of the molecule is Cc1ccc(S(=O)(=O)N2CCN(C(=O)C(C)N)CC2)cc1C.Cl. The maximum absolute atomic E-state index is 12.7. The van der Waals surface area contributed by atoms with Gasteiger partial charge in [-0.25, -0.2) is 8.42 Å². The summed E-state index contributed by atoms with van der Waals surface area (Å²) in [4.78, 5) is 13.8. The van der Waals surface area contributed by atoms with Crippen molar-refractivity contribution < 1.29 is 13.2 Å². The molecule has 2 rings (SSSR count).